The number of hydrogen-bond acceptors (Lipinski definition) is 6. The van der Waals surface area contributed by atoms with E-state index in [2.05, 4.69) is 33.6 Å². The van der Waals surface area contributed by atoms with Gasteiger partial charge in [0.15, 0.2) is 21.2 Å². The second kappa shape index (κ2) is 15.9. The van der Waals surface area contributed by atoms with E-state index >= 15 is 0 Å². The fourth-order valence-corrected chi connectivity index (χ4v) is 7.51. The molecule has 0 radical (unpaired) electrons. The molecule has 0 aromatic carbocycles. The van der Waals surface area contributed by atoms with E-state index in [0.29, 0.717) is 34.8 Å². The third-order valence-corrected chi connectivity index (χ3v) is 10.6. The summed E-state index contributed by atoms with van der Waals surface area (Å²) in [5.74, 6) is -1.72. The lowest BCUT2D eigenvalue weighted by Crippen LogP contribution is -2.39. The SMILES string of the molecule is C[S+](C1CCCC1)C1CCCCC1=O.O=C(OCCCCCCCCI)C(F)(F)S(=O)(=O)[O-]. The van der Waals surface area contributed by atoms with Crippen LogP contribution in [0.25, 0.3) is 0 Å². The first kappa shape index (κ1) is 31.0. The molecule has 0 bridgehead atoms. The van der Waals surface area contributed by atoms with E-state index in [4.69, 9.17) is 0 Å². The number of hydrogen-bond donors (Lipinski definition) is 0. The Hall–Kier alpha value is -0.0100. The Balaban J connectivity index is 0.000000342. The average molecular weight is 627 g/mol. The molecule has 0 spiro atoms. The van der Waals surface area contributed by atoms with Gasteiger partial charge in [-0.15, -0.1) is 0 Å². The molecule has 2 aliphatic rings. The molecule has 0 aromatic heterocycles. The Labute approximate surface area is 213 Å². The van der Waals surface area contributed by atoms with Crippen LogP contribution >= 0.6 is 22.6 Å². The number of rotatable bonds is 12. The van der Waals surface area contributed by atoms with Crippen LogP contribution in [-0.4, -0.2) is 57.8 Å². The summed E-state index contributed by atoms with van der Waals surface area (Å²) in [7, 11) is -5.63. The van der Waals surface area contributed by atoms with Gasteiger partial charge in [-0.3, -0.25) is 4.79 Å². The summed E-state index contributed by atoms with van der Waals surface area (Å²) in [6, 6.07) is 0. The van der Waals surface area contributed by atoms with Gasteiger partial charge in [0.05, 0.1) is 12.9 Å². The van der Waals surface area contributed by atoms with Crippen molar-refractivity contribution < 1.29 is 36.1 Å². The summed E-state index contributed by atoms with van der Waals surface area (Å²) in [6.07, 6.45) is 17.6. The molecule has 2 saturated carbocycles. The van der Waals surface area contributed by atoms with Crippen LogP contribution in [0.4, 0.5) is 8.78 Å². The van der Waals surface area contributed by atoms with Gasteiger partial charge < -0.3 is 9.29 Å². The lowest BCUT2D eigenvalue weighted by atomic mass is 9.99. The molecule has 0 aromatic rings. The number of unbranched alkanes of at least 4 members (excludes halogenated alkanes) is 5. The molecule has 11 heteroatoms. The molecule has 194 valence electrons. The van der Waals surface area contributed by atoms with E-state index in [1.54, 1.807) is 0 Å². The molecule has 0 saturated heterocycles. The van der Waals surface area contributed by atoms with Gasteiger partial charge in [-0.25, -0.2) is 13.2 Å². The van der Waals surface area contributed by atoms with Crippen molar-refractivity contribution in [3.63, 3.8) is 0 Å². The molecule has 2 unspecified atom stereocenters. The highest BCUT2D eigenvalue weighted by Crippen LogP contribution is 2.32. The average Bonchev–Trinajstić information content (AvgIpc) is 3.30. The highest BCUT2D eigenvalue weighted by atomic mass is 127. The predicted octanol–water partition coefficient (Wildman–Crippen LogP) is 5.13. The van der Waals surface area contributed by atoms with E-state index in [-0.39, 0.29) is 6.61 Å². The molecular weight excluding hydrogens is 589 g/mol. The first-order valence-electron chi connectivity index (χ1n) is 11.7. The minimum absolute atomic E-state index is 0.309. The summed E-state index contributed by atoms with van der Waals surface area (Å²) >= 11 is 2.28. The van der Waals surface area contributed by atoms with E-state index in [0.717, 1.165) is 48.2 Å². The maximum Gasteiger partial charge on any atom is 0.428 e. The largest absolute Gasteiger partial charge is 0.743 e. The normalized spacial score (nSPS) is 20.8. The zero-order valence-corrected chi connectivity index (χ0v) is 23.2. The summed E-state index contributed by atoms with van der Waals surface area (Å²) in [4.78, 5) is 22.5. The number of Topliss-reactive ketones (excluding diaryl/α,β-unsaturated/α-hetero) is 1. The molecule has 33 heavy (non-hydrogen) atoms. The van der Waals surface area contributed by atoms with Crippen LogP contribution < -0.4 is 0 Å². The quantitative estimate of drug-likeness (QED) is 0.0744. The molecule has 0 heterocycles. The van der Waals surface area contributed by atoms with Crippen LogP contribution in [0.2, 0.25) is 0 Å². The van der Waals surface area contributed by atoms with Crippen molar-refractivity contribution in [2.75, 3.05) is 17.3 Å². The third kappa shape index (κ3) is 11.1. The molecule has 2 atom stereocenters. The second-order valence-corrected chi connectivity index (χ2v) is 13.6. The molecule has 2 aliphatic carbocycles. The van der Waals surface area contributed by atoms with Gasteiger partial charge in [0.1, 0.15) is 5.25 Å². The minimum atomic E-state index is -6.02. The molecule has 2 fully saturated rings. The molecule has 0 amide bonds. The Morgan fingerprint density at radius 1 is 1.06 bits per heavy atom. The van der Waals surface area contributed by atoms with E-state index in [1.165, 1.54) is 38.5 Å². The Bertz CT molecular complexity index is 699. The van der Waals surface area contributed by atoms with E-state index in [1.807, 2.05) is 0 Å². The van der Waals surface area contributed by atoms with Gasteiger partial charge in [0.25, 0.3) is 0 Å². The molecule has 0 N–H and O–H groups in total. The van der Waals surface area contributed by atoms with Gasteiger partial charge >= 0.3 is 11.2 Å². The van der Waals surface area contributed by atoms with Crippen LogP contribution in [0.15, 0.2) is 0 Å². The fraction of sp³-hybridized carbons (Fsp3) is 0.909. The summed E-state index contributed by atoms with van der Waals surface area (Å²) < 4.78 is 60.9. The highest BCUT2D eigenvalue weighted by molar-refractivity contribution is 14.1. The fourth-order valence-electron chi connectivity index (χ4n) is 4.09. The predicted molar refractivity (Wildman–Crippen MR) is 135 cm³/mol. The van der Waals surface area contributed by atoms with Crippen LogP contribution in [0.5, 0.6) is 0 Å². The first-order chi connectivity index (χ1) is 15.5. The van der Waals surface area contributed by atoms with E-state index in [9.17, 15) is 31.3 Å². The van der Waals surface area contributed by atoms with Gasteiger partial charge in [-0.1, -0.05) is 48.3 Å². The van der Waals surface area contributed by atoms with Crippen molar-refractivity contribution in [2.24, 2.45) is 0 Å². The van der Waals surface area contributed by atoms with Crippen LogP contribution in [0.1, 0.15) is 89.9 Å². The maximum atomic E-state index is 12.7. The zero-order chi connectivity index (χ0) is 24.9. The summed E-state index contributed by atoms with van der Waals surface area (Å²) in [5.41, 5.74) is 0. The second-order valence-electron chi connectivity index (χ2n) is 8.63. The molecule has 6 nitrogen and oxygen atoms in total. The minimum Gasteiger partial charge on any atom is -0.743 e. The molecule has 0 aliphatic heterocycles. The number of halogens is 3. The van der Waals surface area contributed by atoms with Crippen molar-refractivity contribution in [3.05, 3.63) is 0 Å². The van der Waals surface area contributed by atoms with Crippen molar-refractivity contribution in [1.82, 2.24) is 0 Å². The van der Waals surface area contributed by atoms with Crippen molar-refractivity contribution >= 4 is 55.4 Å². The molecular formula is C22H37F2IO6S2. The zero-order valence-electron chi connectivity index (χ0n) is 19.4. The van der Waals surface area contributed by atoms with Crippen LogP contribution in [0, 0.1) is 0 Å². The molecule has 2 rings (SSSR count). The standard InChI is InChI=1S/C12H21OS.C10H17F2IO5S/c1-14(10-6-2-3-7-10)12-9-5-4-8-11(12)13;11-10(12,19(15,16)17)9(14)18-8-6-4-2-1-3-5-7-13/h10,12H,2-9H2,1H3;1-8H2,(H,15,16,17)/q+1;/p-1. The van der Waals surface area contributed by atoms with Gasteiger partial charge in [0, 0.05) is 12.8 Å². The number of carbonyl (C=O) groups excluding carboxylic acids is 2. The Kier molecular flexibility index (Phi) is 14.9. The number of ether oxygens (including phenoxy) is 1. The van der Waals surface area contributed by atoms with Gasteiger partial charge in [0.2, 0.25) is 0 Å². The Morgan fingerprint density at radius 2 is 1.61 bits per heavy atom. The van der Waals surface area contributed by atoms with E-state index < -0.39 is 21.3 Å². The van der Waals surface area contributed by atoms with Gasteiger partial charge in [-0.2, -0.15) is 8.78 Å². The number of ketones is 1. The maximum absolute atomic E-state index is 12.7. The first-order valence-corrected chi connectivity index (χ1v) is 16.4. The number of carbonyl (C=O) groups is 2. The number of alkyl halides is 3. The monoisotopic (exact) mass is 626 g/mol. The van der Waals surface area contributed by atoms with Crippen molar-refractivity contribution in [1.29, 1.82) is 0 Å². The lowest BCUT2D eigenvalue weighted by Gasteiger charge is -2.22. The topological polar surface area (TPSA) is 101 Å². The highest BCUT2D eigenvalue weighted by Gasteiger charge is 2.48. The Morgan fingerprint density at radius 3 is 2.15 bits per heavy atom. The third-order valence-electron chi connectivity index (χ3n) is 6.09. The smallest absolute Gasteiger partial charge is 0.428 e. The van der Waals surface area contributed by atoms with Crippen LogP contribution in [-0.2, 0) is 35.3 Å². The number of esters is 1. The van der Waals surface area contributed by atoms with Gasteiger partial charge in [-0.05, 0) is 66.7 Å². The van der Waals surface area contributed by atoms with Crippen molar-refractivity contribution in [2.45, 2.75) is 106 Å². The van der Waals surface area contributed by atoms with Crippen molar-refractivity contribution in [3.8, 4) is 0 Å². The lowest BCUT2D eigenvalue weighted by molar-refractivity contribution is -0.161. The van der Waals surface area contributed by atoms with Crippen LogP contribution in [0.3, 0.4) is 0 Å². The summed E-state index contributed by atoms with van der Waals surface area (Å²) in [6.45, 7) is -0.309. The summed E-state index contributed by atoms with van der Waals surface area (Å²) in [5, 5.41) is -3.67.